The molecule has 0 aromatic carbocycles. The number of carbonyl (C=O) groups excluding carboxylic acids is 1. The third kappa shape index (κ3) is 4.16. The zero-order valence-electron chi connectivity index (χ0n) is 11.8. The van der Waals surface area contributed by atoms with Crippen LogP contribution in [0.5, 0.6) is 0 Å². The maximum atomic E-state index is 11.7. The maximum Gasteiger partial charge on any atom is 0.244 e. The molecular weight excluding hydrogens is 330 g/mol. The van der Waals surface area contributed by atoms with Gasteiger partial charge in [0.1, 0.15) is 0 Å². The molecule has 0 aliphatic heterocycles. The number of nitrogens with one attached hydrogen (secondary N) is 1. The molecule has 3 rings (SSSR count). The van der Waals surface area contributed by atoms with Gasteiger partial charge >= 0.3 is 0 Å². The summed E-state index contributed by atoms with van der Waals surface area (Å²) in [6, 6.07) is 8.43. The number of carbonyl (C=O) groups is 1. The molecule has 0 bridgehead atoms. The smallest absolute Gasteiger partial charge is 0.244 e. The van der Waals surface area contributed by atoms with E-state index in [0.29, 0.717) is 6.54 Å². The lowest BCUT2D eigenvalue weighted by atomic mass is 10.2. The molecule has 0 saturated carbocycles. The highest BCUT2D eigenvalue weighted by molar-refractivity contribution is 7.16. The molecule has 112 valence electrons. The highest BCUT2D eigenvalue weighted by Crippen LogP contribution is 2.29. The average molecular weight is 346 g/mol. The zero-order chi connectivity index (χ0) is 15.2. The molecule has 0 aliphatic carbocycles. The van der Waals surface area contributed by atoms with E-state index in [1.165, 1.54) is 15.3 Å². The van der Waals surface area contributed by atoms with Crippen molar-refractivity contribution in [3.05, 3.63) is 62.3 Å². The van der Waals surface area contributed by atoms with Crippen LogP contribution in [0.4, 0.5) is 0 Å². The molecule has 0 spiro atoms. The Morgan fingerprint density at radius 1 is 1.09 bits per heavy atom. The second-order valence-electron chi connectivity index (χ2n) is 4.71. The second kappa shape index (κ2) is 7.54. The fraction of sp³-hybridized carbons (Fsp3) is 0.118. The molecule has 1 amide bonds. The van der Waals surface area contributed by atoms with Gasteiger partial charge in [-0.3, -0.25) is 4.79 Å². The SMILES string of the molecule is O=C(/C=C/c1ccsc1)NCCc1ccc(-c2ccsc2)s1. The molecule has 0 radical (unpaired) electrons. The second-order valence-corrected chi connectivity index (χ2v) is 7.44. The van der Waals surface area contributed by atoms with E-state index < -0.39 is 0 Å². The lowest BCUT2D eigenvalue weighted by Gasteiger charge is -2.00. The van der Waals surface area contributed by atoms with E-state index in [1.807, 2.05) is 22.9 Å². The molecule has 3 aromatic rings. The van der Waals surface area contributed by atoms with Crippen LogP contribution in [0.15, 0.2) is 51.9 Å². The fourth-order valence-corrected chi connectivity index (χ4v) is 4.34. The van der Waals surface area contributed by atoms with Crippen molar-refractivity contribution in [3.8, 4) is 10.4 Å². The monoisotopic (exact) mass is 345 g/mol. The normalized spacial score (nSPS) is 11.1. The fourth-order valence-electron chi connectivity index (χ4n) is 1.98. The van der Waals surface area contributed by atoms with Crippen LogP contribution in [0.2, 0.25) is 0 Å². The van der Waals surface area contributed by atoms with Gasteiger partial charge in [-0.2, -0.15) is 22.7 Å². The van der Waals surface area contributed by atoms with Crippen LogP contribution in [-0.2, 0) is 11.2 Å². The van der Waals surface area contributed by atoms with Crippen LogP contribution < -0.4 is 5.32 Å². The summed E-state index contributed by atoms with van der Waals surface area (Å²) in [7, 11) is 0. The van der Waals surface area contributed by atoms with Gasteiger partial charge in [0, 0.05) is 27.9 Å². The largest absolute Gasteiger partial charge is 0.352 e. The Hall–Kier alpha value is -1.69. The van der Waals surface area contributed by atoms with Gasteiger partial charge in [0.2, 0.25) is 5.91 Å². The lowest BCUT2D eigenvalue weighted by Crippen LogP contribution is -2.23. The van der Waals surface area contributed by atoms with Gasteiger partial charge < -0.3 is 5.32 Å². The molecule has 0 unspecified atom stereocenters. The van der Waals surface area contributed by atoms with Crippen LogP contribution in [0.3, 0.4) is 0 Å². The van der Waals surface area contributed by atoms with Crippen LogP contribution in [-0.4, -0.2) is 12.5 Å². The summed E-state index contributed by atoms with van der Waals surface area (Å²) in [6.45, 7) is 0.663. The standard InChI is InChI=1S/C17H15NOS3/c19-17(4-1-13-6-9-20-11-13)18-8-5-15-2-3-16(22-15)14-7-10-21-12-14/h1-4,6-7,9-12H,5,8H2,(H,18,19)/b4-1+. The summed E-state index contributed by atoms with van der Waals surface area (Å²) >= 11 is 5.13. The molecule has 1 N–H and O–H groups in total. The topological polar surface area (TPSA) is 29.1 Å². The van der Waals surface area contributed by atoms with Crippen molar-refractivity contribution in [2.75, 3.05) is 6.54 Å². The van der Waals surface area contributed by atoms with E-state index in [0.717, 1.165) is 12.0 Å². The zero-order valence-corrected chi connectivity index (χ0v) is 14.3. The predicted octanol–water partition coefficient (Wildman–Crippen LogP) is 4.91. The number of hydrogen-bond donors (Lipinski definition) is 1. The summed E-state index contributed by atoms with van der Waals surface area (Å²) in [6.07, 6.45) is 4.30. The highest BCUT2D eigenvalue weighted by Gasteiger charge is 2.03. The van der Waals surface area contributed by atoms with E-state index in [4.69, 9.17) is 0 Å². The Morgan fingerprint density at radius 3 is 2.73 bits per heavy atom. The first-order valence-electron chi connectivity index (χ1n) is 6.91. The minimum absolute atomic E-state index is 0.0409. The Bertz CT molecular complexity index is 739. The van der Waals surface area contributed by atoms with E-state index in [1.54, 1.807) is 40.1 Å². The van der Waals surface area contributed by atoms with Crippen molar-refractivity contribution in [2.24, 2.45) is 0 Å². The molecule has 3 heterocycles. The molecule has 3 aromatic heterocycles. The van der Waals surface area contributed by atoms with Gasteiger partial charge in [-0.15, -0.1) is 11.3 Å². The van der Waals surface area contributed by atoms with Crippen molar-refractivity contribution in [2.45, 2.75) is 6.42 Å². The van der Waals surface area contributed by atoms with Gasteiger partial charge in [0.25, 0.3) is 0 Å². The van der Waals surface area contributed by atoms with Crippen LogP contribution >= 0.6 is 34.0 Å². The molecule has 5 heteroatoms. The summed E-state index contributed by atoms with van der Waals surface area (Å²) in [5.74, 6) is -0.0409. The number of hydrogen-bond acceptors (Lipinski definition) is 4. The first-order chi connectivity index (χ1) is 10.8. The molecule has 22 heavy (non-hydrogen) atoms. The average Bonchev–Trinajstić information content (AvgIpc) is 3.26. The summed E-state index contributed by atoms with van der Waals surface area (Å²) in [5, 5.41) is 11.2. The van der Waals surface area contributed by atoms with E-state index in [9.17, 15) is 4.79 Å². The first kappa shape index (κ1) is 15.2. The van der Waals surface area contributed by atoms with Crippen molar-refractivity contribution in [3.63, 3.8) is 0 Å². The summed E-state index contributed by atoms with van der Waals surface area (Å²) in [4.78, 5) is 14.3. The third-order valence-corrected chi connectivity index (χ3v) is 5.69. The van der Waals surface area contributed by atoms with Crippen molar-refractivity contribution in [1.82, 2.24) is 5.32 Å². The van der Waals surface area contributed by atoms with Crippen molar-refractivity contribution < 1.29 is 4.79 Å². The lowest BCUT2D eigenvalue weighted by molar-refractivity contribution is -0.116. The molecule has 2 nitrogen and oxygen atoms in total. The number of thiophene rings is 3. The van der Waals surface area contributed by atoms with Crippen LogP contribution in [0.1, 0.15) is 10.4 Å². The van der Waals surface area contributed by atoms with Gasteiger partial charge in [0.05, 0.1) is 0 Å². The number of amides is 1. The first-order valence-corrected chi connectivity index (χ1v) is 9.61. The quantitative estimate of drug-likeness (QED) is 0.632. The maximum absolute atomic E-state index is 11.7. The van der Waals surface area contributed by atoms with Crippen LogP contribution in [0, 0.1) is 0 Å². The van der Waals surface area contributed by atoms with Crippen molar-refractivity contribution >= 4 is 46.0 Å². The summed E-state index contributed by atoms with van der Waals surface area (Å²) in [5.41, 5.74) is 2.35. The van der Waals surface area contributed by atoms with E-state index >= 15 is 0 Å². The Balaban J connectivity index is 1.46. The molecule has 0 saturated heterocycles. The number of rotatable bonds is 6. The molecule has 0 atom stereocenters. The van der Waals surface area contributed by atoms with Crippen LogP contribution in [0.25, 0.3) is 16.5 Å². The Kier molecular flexibility index (Phi) is 5.21. The Morgan fingerprint density at radius 2 is 1.95 bits per heavy atom. The van der Waals surface area contributed by atoms with E-state index in [2.05, 4.69) is 34.3 Å². The molecule has 0 fully saturated rings. The summed E-state index contributed by atoms with van der Waals surface area (Å²) < 4.78 is 0. The van der Waals surface area contributed by atoms with Gasteiger partial charge in [0.15, 0.2) is 0 Å². The third-order valence-electron chi connectivity index (χ3n) is 3.11. The van der Waals surface area contributed by atoms with Gasteiger partial charge in [-0.1, -0.05) is 0 Å². The Labute approximate surface area is 141 Å². The molecule has 0 aliphatic rings. The minimum Gasteiger partial charge on any atom is -0.352 e. The van der Waals surface area contributed by atoms with E-state index in [-0.39, 0.29) is 5.91 Å². The van der Waals surface area contributed by atoms with Gasteiger partial charge in [-0.25, -0.2) is 0 Å². The van der Waals surface area contributed by atoms with Gasteiger partial charge in [-0.05, 0) is 63.8 Å². The van der Waals surface area contributed by atoms with Crippen molar-refractivity contribution in [1.29, 1.82) is 0 Å². The highest BCUT2D eigenvalue weighted by atomic mass is 32.1. The molecular formula is C17H15NOS3. The minimum atomic E-state index is -0.0409. The predicted molar refractivity (Wildman–Crippen MR) is 97.7 cm³/mol.